The van der Waals surface area contributed by atoms with Gasteiger partial charge < -0.3 is 10.2 Å². The van der Waals surface area contributed by atoms with E-state index in [1.165, 1.54) is 12.1 Å². The van der Waals surface area contributed by atoms with Crippen LogP contribution in [0.1, 0.15) is 43.9 Å². The van der Waals surface area contributed by atoms with E-state index in [2.05, 4.69) is 5.32 Å². The summed E-state index contributed by atoms with van der Waals surface area (Å²) in [6.45, 7) is 8.02. The molecule has 0 aliphatic heterocycles. The summed E-state index contributed by atoms with van der Waals surface area (Å²) in [5.74, 6) is -0.677. The molecule has 0 spiro atoms. The second kappa shape index (κ2) is 10.0. The summed E-state index contributed by atoms with van der Waals surface area (Å²) in [5.41, 5.74) is 2.78. The first kappa shape index (κ1) is 21.6. The van der Waals surface area contributed by atoms with Crippen molar-refractivity contribution in [1.82, 2.24) is 10.2 Å². The van der Waals surface area contributed by atoms with Gasteiger partial charge in [-0.3, -0.25) is 9.59 Å². The Morgan fingerprint density at radius 1 is 1.07 bits per heavy atom. The lowest BCUT2D eigenvalue weighted by Crippen LogP contribution is -2.49. The molecule has 0 heterocycles. The van der Waals surface area contributed by atoms with Crippen molar-refractivity contribution in [3.63, 3.8) is 0 Å². The number of carbonyl (C=O) groups is 2. The molecule has 28 heavy (non-hydrogen) atoms. The number of nitrogens with zero attached hydrogens (tertiary/aromatic N) is 1. The van der Waals surface area contributed by atoms with Crippen LogP contribution in [0.15, 0.2) is 48.5 Å². The van der Waals surface area contributed by atoms with Gasteiger partial charge in [-0.15, -0.1) is 0 Å². The summed E-state index contributed by atoms with van der Waals surface area (Å²) in [4.78, 5) is 27.3. The molecule has 0 unspecified atom stereocenters. The topological polar surface area (TPSA) is 49.4 Å². The van der Waals surface area contributed by atoms with Crippen LogP contribution in [0.5, 0.6) is 0 Å². The summed E-state index contributed by atoms with van der Waals surface area (Å²) < 4.78 is 13.1. The van der Waals surface area contributed by atoms with Crippen LogP contribution in [0.2, 0.25) is 0 Å². The minimum Gasteiger partial charge on any atom is -0.352 e. The Balaban J connectivity index is 2.22. The number of hydrogen-bond acceptors (Lipinski definition) is 2. The first-order chi connectivity index (χ1) is 13.3. The van der Waals surface area contributed by atoms with E-state index in [0.29, 0.717) is 6.54 Å². The highest BCUT2D eigenvalue weighted by atomic mass is 19.1. The fraction of sp³-hybridized carbons (Fsp3) is 0.391. The molecule has 0 saturated carbocycles. The molecule has 1 N–H and O–H groups in total. The van der Waals surface area contributed by atoms with Crippen LogP contribution in [0.25, 0.3) is 0 Å². The summed E-state index contributed by atoms with van der Waals surface area (Å²) >= 11 is 0. The molecule has 0 aliphatic rings. The lowest BCUT2D eigenvalue weighted by molar-refractivity contribution is -0.140. The predicted molar refractivity (Wildman–Crippen MR) is 109 cm³/mol. The number of nitrogens with one attached hydrogen (secondary N) is 1. The highest BCUT2D eigenvalue weighted by molar-refractivity contribution is 5.88. The number of halogens is 1. The highest BCUT2D eigenvalue weighted by Gasteiger charge is 2.26. The molecule has 0 aliphatic carbocycles. The average Bonchev–Trinajstić information content (AvgIpc) is 2.67. The molecular formula is C23H29FN2O2. The van der Waals surface area contributed by atoms with Gasteiger partial charge in [0.15, 0.2) is 0 Å². The second-order valence-electron chi connectivity index (χ2n) is 7.31. The summed E-state index contributed by atoms with van der Waals surface area (Å²) in [6.07, 6.45) is 0.937. The summed E-state index contributed by atoms with van der Waals surface area (Å²) in [6, 6.07) is 13.2. The normalized spacial score (nSPS) is 12.9. The van der Waals surface area contributed by atoms with Crippen molar-refractivity contribution in [2.75, 3.05) is 0 Å². The maximum atomic E-state index is 13.1. The van der Waals surface area contributed by atoms with Crippen LogP contribution in [0.3, 0.4) is 0 Å². The third kappa shape index (κ3) is 6.19. The maximum Gasteiger partial charge on any atom is 0.242 e. The Morgan fingerprint density at radius 3 is 2.36 bits per heavy atom. The van der Waals surface area contributed by atoms with E-state index in [0.717, 1.165) is 23.1 Å². The molecule has 0 aromatic heterocycles. The molecule has 0 fully saturated rings. The van der Waals surface area contributed by atoms with Crippen molar-refractivity contribution in [1.29, 1.82) is 0 Å². The predicted octanol–water partition coefficient (Wildman–Crippen LogP) is 4.01. The van der Waals surface area contributed by atoms with Gasteiger partial charge in [-0.05, 0) is 50.5 Å². The third-order valence-electron chi connectivity index (χ3n) is 4.87. The number of benzene rings is 2. The van der Waals surface area contributed by atoms with Gasteiger partial charge in [-0.1, -0.05) is 48.9 Å². The quantitative estimate of drug-likeness (QED) is 0.748. The summed E-state index contributed by atoms with van der Waals surface area (Å²) in [5, 5.41) is 2.95. The van der Waals surface area contributed by atoms with Crippen LogP contribution in [-0.2, 0) is 22.6 Å². The van der Waals surface area contributed by atoms with Crippen LogP contribution >= 0.6 is 0 Å². The molecule has 2 aromatic rings. The van der Waals surface area contributed by atoms with Crippen molar-refractivity contribution in [2.24, 2.45) is 0 Å². The van der Waals surface area contributed by atoms with E-state index in [1.54, 1.807) is 24.0 Å². The van der Waals surface area contributed by atoms with Crippen molar-refractivity contribution < 1.29 is 14.0 Å². The fourth-order valence-electron chi connectivity index (χ4n) is 2.93. The lowest BCUT2D eigenvalue weighted by atomic mass is 10.1. The van der Waals surface area contributed by atoms with E-state index in [4.69, 9.17) is 0 Å². The number of amides is 2. The molecule has 4 nitrogen and oxygen atoms in total. The monoisotopic (exact) mass is 384 g/mol. The molecule has 0 radical (unpaired) electrons. The zero-order chi connectivity index (χ0) is 20.7. The standard InChI is InChI=1S/C23H29FN2O2/c1-5-17(3)25-23(28)18(4)26(15-20-8-6-7-16(2)13-20)22(27)14-19-9-11-21(24)12-10-19/h6-13,17-18H,5,14-15H2,1-4H3,(H,25,28)/t17-,18+/m1/s1. The Hall–Kier alpha value is -2.69. The third-order valence-corrected chi connectivity index (χ3v) is 4.87. The number of aryl methyl sites for hydroxylation is 1. The Labute approximate surface area is 166 Å². The average molecular weight is 384 g/mol. The number of carbonyl (C=O) groups excluding carboxylic acids is 2. The highest BCUT2D eigenvalue weighted by Crippen LogP contribution is 2.14. The maximum absolute atomic E-state index is 13.1. The molecular weight excluding hydrogens is 355 g/mol. The first-order valence-electron chi connectivity index (χ1n) is 9.70. The molecule has 150 valence electrons. The van der Waals surface area contributed by atoms with Gasteiger partial charge in [0.1, 0.15) is 11.9 Å². The van der Waals surface area contributed by atoms with Crippen molar-refractivity contribution >= 4 is 11.8 Å². The summed E-state index contributed by atoms with van der Waals surface area (Å²) in [7, 11) is 0. The van der Waals surface area contributed by atoms with Gasteiger partial charge in [0.2, 0.25) is 11.8 Å². The van der Waals surface area contributed by atoms with Crippen molar-refractivity contribution in [2.45, 2.75) is 59.2 Å². The van der Waals surface area contributed by atoms with Crippen LogP contribution in [0, 0.1) is 12.7 Å². The molecule has 0 bridgehead atoms. The largest absolute Gasteiger partial charge is 0.352 e. The fourth-order valence-corrected chi connectivity index (χ4v) is 2.93. The Kier molecular flexibility index (Phi) is 7.73. The SMILES string of the molecule is CC[C@@H](C)NC(=O)[C@H](C)N(Cc1cccc(C)c1)C(=O)Cc1ccc(F)cc1. The second-order valence-corrected chi connectivity index (χ2v) is 7.31. The first-order valence-corrected chi connectivity index (χ1v) is 9.70. The minimum atomic E-state index is -0.609. The zero-order valence-electron chi connectivity index (χ0n) is 17.0. The van der Waals surface area contributed by atoms with Crippen LogP contribution in [-0.4, -0.2) is 28.8 Å². The van der Waals surface area contributed by atoms with Gasteiger partial charge in [-0.25, -0.2) is 4.39 Å². The molecule has 5 heteroatoms. The van der Waals surface area contributed by atoms with Crippen LogP contribution in [0.4, 0.5) is 4.39 Å². The van der Waals surface area contributed by atoms with E-state index >= 15 is 0 Å². The zero-order valence-corrected chi connectivity index (χ0v) is 17.0. The Bertz CT molecular complexity index is 805. The molecule has 2 amide bonds. The van der Waals surface area contributed by atoms with Crippen molar-refractivity contribution in [3.05, 3.63) is 71.0 Å². The van der Waals surface area contributed by atoms with E-state index in [1.807, 2.05) is 45.0 Å². The van der Waals surface area contributed by atoms with E-state index in [-0.39, 0.29) is 30.1 Å². The molecule has 2 aromatic carbocycles. The number of rotatable bonds is 8. The van der Waals surface area contributed by atoms with Gasteiger partial charge in [0.25, 0.3) is 0 Å². The lowest BCUT2D eigenvalue weighted by Gasteiger charge is -2.30. The van der Waals surface area contributed by atoms with Crippen molar-refractivity contribution in [3.8, 4) is 0 Å². The van der Waals surface area contributed by atoms with E-state index in [9.17, 15) is 14.0 Å². The van der Waals surface area contributed by atoms with Crippen LogP contribution < -0.4 is 5.32 Å². The molecule has 2 rings (SSSR count). The van der Waals surface area contributed by atoms with Gasteiger partial charge in [0.05, 0.1) is 6.42 Å². The molecule has 0 saturated heterocycles. The van der Waals surface area contributed by atoms with E-state index < -0.39 is 6.04 Å². The number of hydrogen-bond donors (Lipinski definition) is 1. The van der Waals surface area contributed by atoms with Gasteiger partial charge in [-0.2, -0.15) is 0 Å². The molecule has 2 atom stereocenters. The Morgan fingerprint density at radius 2 is 1.75 bits per heavy atom. The minimum absolute atomic E-state index is 0.0444. The van der Waals surface area contributed by atoms with Gasteiger partial charge in [0, 0.05) is 12.6 Å². The smallest absolute Gasteiger partial charge is 0.242 e. The van der Waals surface area contributed by atoms with Gasteiger partial charge >= 0.3 is 0 Å².